The molecule has 1 N–H and O–H groups in total. The fourth-order valence-corrected chi connectivity index (χ4v) is 4.13. The van der Waals surface area contributed by atoms with Gasteiger partial charge in [0.05, 0.1) is 12.2 Å². The number of carboxylic acids is 1. The fraction of sp³-hybridized carbons (Fsp3) is 0.516. The van der Waals surface area contributed by atoms with Crippen LogP contribution in [0.1, 0.15) is 65.2 Å². The van der Waals surface area contributed by atoms with Gasteiger partial charge in [-0.05, 0) is 78.8 Å². The van der Waals surface area contributed by atoms with Crippen molar-refractivity contribution in [1.29, 1.82) is 0 Å². The number of ether oxygens (including phenoxy) is 2. The number of nitrogens with zero attached hydrogens (tertiary/aromatic N) is 4. The van der Waals surface area contributed by atoms with Crippen molar-refractivity contribution in [3.8, 4) is 5.75 Å². The number of anilines is 1. The Morgan fingerprint density at radius 2 is 1.54 bits per heavy atom. The number of aromatic nitrogens is 1. The number of hydrogen-bond acceptors (Lipinski definition) is 7. The van der Waals surface area contributed by atoms with E-state index in [-0.39, 0.29) is 37.4 Å². The highest BCUT2D eigenvalue weighted by Gasteiger charge is 2.38. The maximum Gasteiger partial charge on any atom is 0.490 e. The molecule has 46 heavy (non-hydrogen) atoms. The van der Waals surface area contributed by atoms with Crippen molar-refractivity contribution < 1.29 is 46.9 Å². The third kappa shape index (κ3) is 13.9. The van der Waals surface area contributed by atoms with Crippen LogP contribution in [0.3, 0.4) is 0 Å². The molecule has 2 rings (SSSR count). The smallest absolute Gasteiger partial charge is 0.490 e. The van der Waals surface area contributed by atoms with Gasteiger partial charge in [-0.2, -0.15) is 13.2 Å². The van der Waals surface area contributed by atoms with Crippen molar-refractivity contribution in [3.63, 3.8) is 0 Å². The average Bonchev–Trinajstić information content (AvgIpc) is 2.94. The van der Waals surface area contributed by atoms with E-state index >= 15 is 0 Å². The molecule has 0 bridgehead atoms. The van der Waals surface area contributed by atoms with E-state index in [1.807, 2.05) is 27.7 Å². The van der Waals surface area contributed by atoms with Crippen LogP contribution in [0.15, 0.2) is 42.7 Å². The Balaban J connectivity index is 0.00000135. The van der Waals surface area contributed by atoms with E-state index in [1.54, 1.807) is 73.3 Å². The summed E-state index contributed by atoms with van der Waals surface area (Å²) >= 11 is 6.34. The summed E-state index contributed by atoms with van der Waals surface area (Å²) in [6, 6.07) is 8.14. The second-order valence-corrected chi connectivity index (χ2v) is 11.5. The van der Waals surface area contributed by atoms with Crippen LogP contribution < -0.4 is 9.64 Å². The average molecular weight is 675 g/mol. The Labute approximate surface area is 272 Å². The molecule has 0 atom stereocenters. The van der Waals surface area contributed by atoms with Crippen LogP contribution in [-0.2, 0) is 14.3 Å². The Kier molecular flexibility index (Phi) is 15.8. The van der Waals surface area contributed by atoms with E-state index in [0.29, 0.717) is 41.7 Å². The van der Waals surface area contributed by atoms with Gasteiger partial charge in [0.1, 0.15) is 18.0 Å². The van der Waals surface area contributed by atoms with Gasteiger partial charge in [-0.1, -0.05) is 11.6 Å². The van der Waals surface area contributed by atoms with E-state index < -0.39 is 23.8 Å². The molecule has 0 aliphatic rings. The van der Waals surface area contributed by atoms with Crippen molar-refractivity contribution in [2.24, 2.45) is 0 Å². The number of hydrogen-bond donors (Lipinski definition) is 1. The van der Waals surface area contributed by atoms with Crippen molar-refractivity contribution in [3.05, 3.63) is 53.3 Å². The first kappa shape index (κ1) is 40.0. The summed E-state index contributed by atoms with van der Waals surface area (Å²) in [5.74, 6) is -2.59. The first-order valence-corrected chi connectivity index (χ1v) is 14.9. The van der Waals surface area contributed by atoms with Gasteiger partial charge in [0.25, 0.3) is 5.91 Å². The van der Waals surface area contributed by atoms with Crippen molar-refractivity contribution >= 4 is 41.2 Å². The number of rotatable bonds is 12. The van der Waals surface area contributed by atoms with E-state index in [0.717, 1.165) is 0 Å². The number of halogens is 4. The maximum atomic E-state index is 13.4. The van der Waals surface area contributed by atoms with Crippen molar-refractivity contribution in [2.75, 3.05) is 37.7 Å². The molecule has 0 aliphatic carbocycles. The van der Waals surface area contributed by atoms with Crippen LogP contribution >= 0.6 is 11.6 Å². The number of carbonyl (C=O) groups excluding carboxylic acids is 3. The molecule has 0 saturated carbocycles. The summed E-state index contributed by atoms with van der Waals surface area (Å²) in [6.07, 6.45) is -2.16. The van der Waals surface area contributed by atoms with Crippen LogP contribution in [-0.4, -0.2) is 94.4 Å². The molecule has 3 amide bonds. The molecule has 0 radical (unpaired) electrons. The van der Waals surface area contributed by atoms with Gasteiger partial charge in [0, 0.05) is 55.1 Å². The van der Waals surface area contributed by atoms with Gasteiger partial charge in [-0.3, -0.25) is 19.5 Å². The lowest BCUT2D eigenvalue weighted by atomic mass is 10.1. The highest BCUT2D eigenvalue weighted by Crippen LogP contribution is 2.24. The number of benzene rings is 1. The lowest BCUT2D eigenvalue weighted by Crippen LogP contribution is -2.40. The molecule has 11 nitrogen and oxygen atoms in total. The van der Waals surface area contributed by atoms with Crippen molar-refractivity contribution in [1.82, 2.24) is 14.8 Å². The Morgan fingerprint density at radius 1 is 0.978 bits per heavy atom. The Hall–Kier alpha value is -4.07. The highest BCUT2D eigenvalue weighted by molar-refractivity contribution is 6.31. The van der Waals surface area contributed by atoms with Gasteiger partial charge < -0.3 is 24.4 Å². The number of alkyl halides is 3. The summed E-state index contributed by atoms with van der Waals surface area (Å²) in [5.41, 5.74) is 0.320. The van der Waals surface area contributed by atoms with Gasteiger partial charge in [0.15, 0.2) is 0 Å². The van der Waals surface area contributed by atoms with Crippen molar-refractivity contribution in [2.45, 2.75) is 72.7 Å². The van der Waals surface area contributed by atoms with Crippen LogP contribution in [0.4, 0.5) is 23.7 Å². The first-order chi connectivity index (χ1) is 21.3. The van der Waals surface area contributed by atoms with E-state index in [2.05, 4.69) is 4.98 Å². The zero-order valence-electron chi connectivity index (χ0n) is 27.1. The lowest BCUT2D eigenvalue weighted by Gasteiger charge is -2.28. The monoisotopic (exact) mass is 674 g/mol. The fourth-order valence-electron chi connectivity index (χ4n) is 3.90. The quantitative estimate of drug-likeness (QED) is 0.278. The largest absolute Gasteiger partial charge is 0.492 e. The Bertz CT molecular complexity index is 1300. The van der Waals surface area contributed by atoms with Gasteiger partial charge in [0.2, 0.25) is 5.91 Å². The molecule has 15 heteroatoms. The predicted octanol–water partition coefficient (Wildman–Crippen LogP) is 6.30. The minimum atomic E-state index is -5.08. The molecular formula is C31H42ClF3N4O7. The molecule has 1 aromatic heterocycles. The van der Waals surface area contributed by atoms with Gasteiger partial charge in [-0.25, -0.2) is 9.59 Å². The number of aliphatic carboxylic acids is 1. The summed E-state index contributed by atoms with van der Waals surface area (Å²) in [4.78, 5) is 56.6. The van der Waals surface area contributed by atoms with Gasteiger partial charge in [-0.15, -0.1) is 0 Å². The SMILES string of the molecule is CCN(CC)C(=O)CCN(C(=O)c1cc(Cl)cc(OCCN(C(=O)OC(C)(C)C)c2ccncc2)c1)C(C)C.O=C(O)C(F)(F)F. The van der Waals surface area contributed by atoms with E-state index in [9.17, 15) is 27.6 Å². The molecule has 0 fully saturated rings. The predicted molar refractivity (Wildman–Crippen MR) is 167 cm³/mol. The highest BCUT2D eigenvalue weighted by atomic mass is 35.5. The normalized spacial score (nSPS) is 11.2. The molecule has 0 aliphatic heterocycles. The Morgan fingerprint density at radius 3 is 2.02 bits per heavy atom. The maximum absolute atomic E-state index is 13.4. The van der Waals surface area contributed by atoms with Gasteiger partial charge >= 0.3 is 18.2 Å². The second kappa shape index (κ2) is 18.2. The number of carbonyl (C=O) groups is 4. The van der Waals surface area contributed by atoms with E-state index in [4.69, 9.17) is 31.0 Å². The molecule has 2 aromatic rings. The van der Waals surface area contributed by atoms with Crippen LogP contribution in [0.25, 0.3) is 0 Å². The lowest BCUT2D eigenvalue weighted by molar-refractivity contribution is -0.192. The minimum Gasteiger partial charge on any atom is -0.492 e. The summed E-state index contributed by atoms with van der Waals surface area (Å²) in [5, 5.41) is 7.47. The minimum absolute atomic E-state index is 0.0114. The molecule has 1 heterocycles. The summed E-state index contributed by atoms with van der Waals surface area (Å²) < 4.78 is 43.2. The zero-order valence-corrected chi connectivity index (χ0v) is 27.8. The number of pyridine rings is 1. The van der Waals surface area contributed by atoms with Crippen LogP contribution in [0.5, 0.6) is 5.75 Å². The molecule has 256 valence electrons. The molecule has 0 spiro atoms. The third-order valence-corrected chi connectivity index (χ3v) is 6.32. The zero-order chi connectivity index (χ0) is 35.2. The standard InChI is InChI=1S/C29H41ClN4O5.C2HF3O2/c1-8-32(9-2)26(35)12-15-33(21(3)4)27(36)22-18-23(30)20-25(19-22)38-17-16-34(24-10-13-31-14-11-24)28(37)39-29(5,6)7;3-2(4,5)1(6)7/h10-11,13-14,18-21H,8-9,12,15-17H2,1-7H3;(H,6,7). The van der Waals surface area contributed by atoms with Crippen LogP contribution in [0.2, 0.25) is 5.02 Å². The summed E-state index contributed by atoms with van der Waals surface area (Å²) in [7, 11) is 0. The van der Waals surface area contributed by atoms with Crippen LogP contribution in [0, 0.1) is 0 Å². The van der Waals surface area contributed by atoms with E-state index in [1.165, 1.54) is 4.90 Å². The molecule has 0 saturated heterocycles. The molecular weight excluding hydrogens is 633 g/mol. The number of carboxylic acid groups (broad SMARTS) is 1. The second-order valence-electron chi connectivity index (χ2n) is 11.1. The molecule has 0 unspecified atom stereocenters. The first-order valence-electron chi connectivity index (χ1n) is 14.5. The topological polar surface area (TPSA) is 130 Å². The molecule has 1 aromatic carbocycles. The third-order valence-electron chi connectivity index (χ3n) is 6.10. The number of amides is 3. The summed E-state index contributed by atoms with van der Waals surface area (Å²) in [6.45, 7) is 15.0.